The highest BCUT2D eigenvalue weighted by atomic mass is 16.2. The van der Waals surface area contributed by atoms with Gasteiger partial charge in [-0.1, -0.05) is 0 Å². The highest BCUT2D eigenvalue weighted by molar-refractivity contribution is 5.92. The Bertz CT molecular complexity index is 401. The molecule has 86 valence electrons. The first-order valence-corrected chi connectivity index (χ1v) is 5.47. The van der Waals surface area contributed by atoms with Crippen molar-refractivity contribution in [2.75, 3.05) is 0 Å². The van der Waals surface area contributed by atoms with E-state index >= 15 is 0 Å². The summed E-state index contributed by atoms with van der Waals surface area (Å²) in [7, 11) is 1.77. The third kappa shape index (κ3) is 2.48. The van der Waals surface area contributed by atoms with Crippen molar-refractivity contribution in [3.63, 3.8) is 0 Å². The molecule has 0 bridgehead atoms. The van der Waals surface area contributed by atoms with E-state index in [-0.39, 0.29) is 11.9 Å². The number of carbonyl (C=O) groups is 2. The lowest BCUT2D eigenvalue weighted by atomic mass is 9.94. The SMILES string of the molecule is Cn1ccc(C(=O)NC2CCC(=O)CC2)n1. The molecule has 1 saturated carbocycles. The maximum absolute atomic E-state index is 11.7. The Morgan fingerprint density at radius 1 is 1.50 bits per heavy atom. The van der Waals surface area contributed by atoms with Crippen LogP contribution in [0.4, 0.5) is 0 Å². The minimum absolute atomic E-state index is 0.118. The van der Waals surface area contributed by atoms with Crippen molar-refractivity contribution in [3.8, 4) is 0 Å². The lowest BCUT2D eigenvalue weighted by Gasteiger charge is -2.21. The second-order valence-electron chi connectivity index (χ2n) is 4.16. The van der Waals surface area contributed by atoms with Gasteiger partial charge in [-0.2, -0.15) is 5.10 Å². The fourth-order valence-corrected chi connectivity index (χ4v) is 1.88. The number of amides is 1. The number of rotatable bonds is 2. The lowest BCUT2D eigenvalue weighted by Crippen LogP contribution is -2.37. The molecule has 1 aliphatic carbocycles. The number of aromatic nitrogens is 2. The molecular formula is C11H15N3O2. The van der Waals surface area contributed by atoms with E-state index < -0.39 is 0 Å². The minimum Gasteiger partial charge on any atom is -0.348 e. The molecule has 5 nitrogen and oxygen atoms in total. The van der Waals surface area contributed by atoms with Crippen LogP contribution < -0.4 is 5.32 Å². The number of hydrogen-bond donors (Lipinski definition) is 1. The third-order valence-electron chi connectivity index (χ3n) is 2.82. The monoisotopic (exact) mass is 221 g/mol. The van der Waals surface area contributed by atoms with E-state index in [0.29, 0.717) is 24.3 Å². The predicted molar refractivity (Wildman–Crippen MR) is 57.9 cm³/mol. The van der Waals surface area contributed by atoms with Crippen LogP contribution in [-0.2, 0) is 11.8 Å². The first-order valence-electron chi connectivity index (χ1n) is 5.47. The number of nitrogens with zero attached hydrogens (tertiary/aromatic N) is 2. The molecule has 0 radical (unpaired) electrons. The van der Waals surface area contributed by atoms with Gasteiger partial charge in [-0.05, 0) is 18.9 Å². The van der Waals surface area contributed by atoms with Gasteiger partial charge in [0, 0.05) is 32.1 Å². The zero-order chi connectivity index (χ0) is 11.5. The first-order chi connectivity index (χ1) is 7.65. The average Bonchev–Trinajstić information content (AvgIpc) is 2.68. The van der Waals surface area contributed by atoms with Crippen LogP contribution in [-0.4, -0.2) is 27.5 Å². The summed E-state index contributed by atoms with van der Waals surface area (Å²) in [6.07, 6.45) is 4.38. The Labute approximate surface area is 93.8 Å². The molecule has 1 aliphatic rings. The second kappa shape index (κ2) is 4.47. The minimum atomic E-state index is -0.153. The molecule has 0 unspecified atom stereocenters. The number of hydrogen-bond acceptors (Lipinski definition) is 3. The molecule has 2 rings (SSSR count). The van der Waals surface area contributed by atoms with Gasteiger partial charge >= 0.3 is 0 Å². The zero-order valence-corrected chi connectivity index (χ0v) is 9.27. The van der Waals surface area contributed by atoms with Crippen molar-refractivity contribution < 1.29 is 9.59 Å². The lowest BCUT2D eigenvalue weighted by molar-refractivity contribution is -0.120. The largest absolute Gasteiger partial charge is 0.348 e. The summed E-state index contributed by atoms with van der Waals surface area (Å²) in [5.41, 5.74) is 0.430. The molecule has 0 spiro atoms. The van der Waals surface area contributed by atoms with E-state index in [9.17, 15) is 9.59 Å². The standard InChI is InChI=1S/C11H15N3O2/c1-14-7-6-10(13-14)11(16)12-8-2-4-9(15)5-3-8/h6-8H,2-5H2,1H3,(H,12,16). The van der Waals surface area contributed by atoms with Crippen LogP contribution in [0.15, 0.2) is 12.3 Å². The number of nitrogens with one attached hydrogen (secondary N) is 1. The van der Waals surface area contributed by atoms with Crippen molar-refractivity contribution in [3.05, 3.63) is 18.0 Å². The molecule has 5 heteroatoms. The van der Waals surface area contributed by atoms with Gasteiger partial charge in [-0.25, -0.2) is 0 Å². The summed E-state index contributed by atoms with van der Waals surface area (Å²) in [6, 6.07) is 1.80. The summed E-state index contributed by atoms with van der Waals surface area (Å²) >= 11 is 0. The number of carbonyl (C=O) groups excluding carboxylic acids is 2. The Morgan fingerprint density at radius 3 is 2.75 bits per heavy atom. The molecule has 1 heterocycles. The predicted octanol–water partition coefficient (Wildman–Crippen LogP) is 0.662. The third-order valence-corrected chi connectivity index (χ3v) is 2.82. The first kappa shape index (κ1) is 10.9. The topological polar surface area (TPSA) is 64.0 Å². The highest BCUT2D eigenvalue weighted by Crippen LogP contribution is 2.15. The van der Waals surface area contributed by atoms with Gasteiger partial charge in [-0.3, -0.25) is 14.3 Å². The molecule has 0 aliphatic heterocycles. The van der Waals surface area contributed by atoms with Gasteiger partial charge in [0.15, 0.2) is 0 Å². The normalized spacial score (nSPS) is 17.4. The maximum atomic E-state index is 11.7. The van der Waals surface area contributed by atoms with E-state index in [4.69, 9.17) is 0 Å². The molecule has 1 aromatic rings. The molecule has 16 heavy (non-hydrogen) atoms. The van der Waals surface area contributed by atoms with Crippen molar-refractivity contribution in [2.45, 2.75) is 31.7 Å². The average molecular weight is 221 g/mol. The quantitative estimate of drug-likeness (QED) is 0.798. The van der Waals surface area contributed by atoms with Gasteiger partial charge in [0.2, 0.25) is 0 Å². The fraction of sp³-hybridized carbons (Fsp3) is 0.545. The Balaban J connectivity index is 1.90. The van der Waals surface area contributed by atoms with E-state index in [1.165, 1.54) is 0 Å². The van der Waals surface area contributed by atoms with Crippen molar-refractivity contribution in [2.24, 2.45) is 7.05 Å². The van der Waals surface area contributed by atoms with Crippen LogP contribution in [0.5, 0.6) is 0 Å². The summed E-state index contributed by atoms with van der Waals surface area (Å²) < 4.78 is 1.60. The number of aryl methyl sites for hydroxylation is 1. The molecule has 0 saturated heterocycles. The Kier molecular flexibility index (Phi) is 3.03. The van der Waals surface area contributed by atoms with Crippen molar-refractivity contribution in [1.82, 2.24) is 15.1 Å². The Hall–Kier alpha value is -1.65. The summed E-state index contributed by atoms with van der Waals surface area (Å²) in [5.74, 6) is 0.142. The number of ketones is 1. The molecule has 1 amide bonds. The molecule has 1 aromatic heterocycles. The van der Waals surface area contributed by atoms with Crippen LogP contribution in [0.2, 0.25) is 0 Å². The smallest absolute Gasteiger partial charge is 0.271 e. The zero-order valence-electron chi connectivity index (χ0n) is 9.27. The molecule has 1 fully saturated rings. The maximum Gasteiger partial charge on any atom is 0.271 e. The molecule has 0 atom stereocenters. The van der Waals surface area contributed by atoms with Crippen LogP contribution in [0.3, 0.4) is 0 Å². The van der Waals surface area contributed by atoms with Crippen LogP contribution in [0, 0.1) is 0 Å². The highest BCUT2D eigenvalue weighted by Gasteiger charge is 2.21. The van der Waals surface area contributed by atoms with Crippen molar-refractivity contribution in [1.29, 1.82) is 0 Å². The van der Waals surface area contributed by atoms with Crippen LogP contribution >= 0.6 is 0 Å². The van der Waals surface area contributed by atoms with E-state index in [1.54, 1.807) is 24.0 Å². The van der Waals surface area contributed by atoms with Crippen LogP contribution in [0.25, 0.3) is 0 Å². The second-order valence-corrected chi connectivity index (χ2v) is 4.16. The molecule has 0 aromatic carbocycles. The van der Waals surface area contributed by atoms with Crippen molar-refractivity contribution >= 4 is 11.7 Å². The van der Waals surface area contributed by atoms with E-state index in [2.05, 4.69) is 10.4 Å². The number of Topliss-reactive ketones (excluding diaryl/α,β-unsaturated/α-hetero) is 1. The van der Waals surface area contributed by atoms with Gasteiger partial charge < -0.3 is 5.32 Å². The van der Waals surface area contributed by atoms with Gasteiger partial charge in [-0.15, -0.1) is 0 Å². The van der Waals surface area contributed by atoms with E-state index in [1.807, 2.05) is 0 Å². The summed E-state index contributed by atoms with van der Waals surface area (Å²) in [5, 5.41) is 6.93. The molecule has 1 N–H and O–H groups in total. The van der Waals surface area contributed by atoms with Gasteiger partial charge in [0.05, 0.1) is 0 Å². The van der Waals surface area contributed by atoms with E-state index in [0.717, 1.165) is 12.8 Å². The summed E-state index contributed by atoms with van der Waals surface area (Å²) in [4.78, 5) is 22.8. The van der Waals surface area contributed by atoms with Gasteiger partial charge in [0.25, 0.3) is 5.91 Å². The van der Waals surface area contributed by atoms with Gasteiger partial charge in [0.1, 0.15) is 11.5 Å². The van der Waals surface area contributed by atoms with Crippen LogP contribution in [0.1, 0.15) is 36.2 Å². The fourth-order valence-electron chi connectivity index (χ4n) is 1.88. The molecular weight excluding hydrogens is 206 g/mol. The summed E-state index contributed by atoms with van der Waals surface area (Å²) in [6.45, 7) is 0. The Morgan fingerprint density at radius 2 is 2.19 bits per heavy atom.